The van der Waals surface area contributed by atoms with E-state index < -0.39 is 0 Å². The van der Waals surface area contributed by atoms with Gasteiger partial charge in [-0.25, -0.2) is 0 Å². The summed E-state index contributed by atoms with van der Waals surface area (Å²) in [6.07, 6.45) is 1.66. The van der Waals surface area contributed by atoms with Gasteiger partial charge in [0.15, 0.2) is 0 Å². The fraction of sp³-hybridized carbons (Fsp3) is 0.235. The molecule has 0 unspecified atom stereocenters. The first-order chi connectivity index (χ1) is 9.90. The maximum absolute atomic E-state index is 9.97. The van der Waals surface area contributed by atoms with E-state index in [9.17, 15) is 5.11 Å². The molecule has 0 radical (unpaired) electrons. The molecule has 110 valence electrons. The van der Waals surface area contributed by atoms with Gasteiger partial charge < -0.3 is 5.11 Å². The summed E-state index contributed by atoms with van der Waals surface area (Å²) in [5.74, 6) is 0.528. The topological polar surface area (TPSA) is 32.6 Å². The molecule has 0 heterocycles. The van der Waals surface area contributed by atoms with Crippen LogP contribution in [0.5, 0.6) is 5.75 Å². The first-order valence-corrected chi connectivity index (χ1v) is 7.47. The first kappa shape index (κ1) is 15.9. The van der Waals surface area contributed by atoms with Gasteiger partial charge in [-0.3, -0.25) is 4.99 Å². The molecular formula is C17H17Cl2NO. The first-order valence-electron chi connectivity index (χ1n) is 6.71. The fourth-order valence-electron chi connectivity index (χ4n) is 2.07. The van der Waals surface area contributed by atoms with Crippen molar-refractivity contribution in [3.8, 4) is 5.75 Å². The van der Waals surface area contributed by atoms with Gasteiger partial charge in [0.25, 0.3) is 0 Å². The van der Waals surface area contributed by atoms with Gasteiger partial charge in [0.2, 0.25) is 0 Å². The Labute approximate surface area is 135 Å². The molecule has 2 aromatic carbocycles. The molecule has 0 aliphatic heterocycles. The molecule has 2 nitrogen and oxygen atoms in total. The maximum Gasteiger partial charge on any atom is 0.119 e. The van der Waals surface area contributed by atoms with Crippen molar-refractivity contribution in [2.45, 2.75) is 26.7 Å². The SMILES string of the molecule is Cc1cc(O)c(C(C)C)cc1N=Cc1c(Cl)cccc1Cl. The molecule has 21 heavy (non-hydrogen) atoms. The lowest BCUT2D eigenvalue weighted by atomic mass is 9.99. The molecule has 0 amide bonds. The number of aliphatic imine (C=N–C) groups is 1. The zero-order valence-electron chi connectivity index (χ0n) is 12.2. The van der Waals surface area contributed by atoms with E-state index in [1.807, 2.05) is 26.8 Å². The number of nitrogens with zero attached hydrogens (tertiary/aromatic N) is 1. The zero-order valence-corrected chi connectivity index (χ0v) is 13.7. The monoisotopic (exact) mass is 321 g/mol. The third-order valence-corrected chi connectivity index (χ3v) is 3.96. The van der Waals surface area contributed by atoms with Gasteiger partial charge in [0.05, 0.1) is 15.7 Å². The molecule has 0 aliphatic carbocycles. The third kappa shape index (κ3) is 3.58. The number of rotatable bonds is 3. The van der Waals surface area contributed by atoms with Crippen LogP contribution >= 0.6 is 23.2 Å². The summed E-state index contributed by atoms with van der Waals surface area (Å²) in [7, 11) is 0. The van der Waals surface area contributed by atoms with E-state index in [-0.39, 0.29) is 5.92 Å². The summed E-state index contributed by atoms with van der Waals surface area (Å²) in [5.41, 5.74) is 3.27. The minimum atomic E-state index is 0.225. The van der Waals surface area contributed by atoms with Crippen LogP contribution in [0.25, 0.3) is 0 Å². The Bertz CT molecular complexity index is 673. The van der Waals surface area contributed by atoms with E-state index in [1.54, 1.807) is 30.5 Å². The summed E-state index contributed by atoms with van der Waals surface area (Å²) < 4.78 is 0. The molecule has 2 aromatic rings. The van der Waals surface area contributed by atoms with Crippen LogP contribution in [0.2, 0.25) is 10.0 Å². The largest absolute Gasteiger partial charge is 0.508 e. The van der Waals surface area contributed by atoms with Crippen molar-refractivity contribution in [2.24, 2.45) is 4.99 Å². The summed E-state index contributed by atoms with van der Waals surface area (Å²) in [5, 5.41) is 11.1. The Morgan fingerprint density at radius 2 is 1.76 bits per heavy atom. The smallest absolute Gasteiger partial charge is 0.119 e. The highest BCUT2D eigenvalue weighted by atomic mass is 35.5. The van der Waals surface area contributed by atoms with Crippen LogP contribution in [0.3, 0.4) is 0 Å². The van der Waals surface area contributed by atoms with Crippen LogP contribution in [0, 0.1) is 6.92 Å². The van der Waals surface area contributed by atoms with Crippen LogP contribution in [0.1, 0.15) is 36.5 Å². The molecule has 0 saturated carbocycles. The molecule has 0 spiro atoms. The Kier molecular flexibility index (Phi) is 4.92. The van der Waals surface area contributed by atoms with Gasteiger partial charge in [-0.15, -0.1) is 0 Å². The van der Waals surface area contributed by atoms with E-state index in [2.05, 4.69) is 4.99 Å². The normalized spacial score (nSPS) is 11.5. The van der Waals surface area contributed by atoms with Crippen molar-refractivity contribution in [3.63, 3.8) is 0 Å². The Balaban J connectivity index is 2.44. The number of hydrogen-bond acceptors (Lipinski definition) is 2. The molecule has 0 saturated heterocycles. The minimum Gasteiger partial charge on any atom is -0.508 e. The summed E-state index contributed by atoms with van der Waals surface area (Å²) in [4.78, 5) is 4.48. The van der Waals surface area contributed by atoms with Gasteiger partial charge >= 0.3 is 0 Å². The second kappa shape index (κ2) is 6.50. The molecule has 0 aliphatic rings. The lowest BCUT2D eigenvalue weighted by molar-refractivity contribution is 0.464. The lowest BCUT2D eigenvalue weighted by Gasteiger charge is -2.11. The molecular weight excluding hydrogens is 305 g/mol. The van der Waals surface area contributed by atoms with Gasteiger partial charge in [-0.1, -0.05) is 43.1 Å². The van der Waals surface area contributed by atoms with Crippen LogP contribution in [-0.2, 0) is 0 Å². The van der Waals surface area contributed by atoms with Gasteiger partial charge in [0, 0.05) is 11.8 Å². The highest BCUT2D eigenvalue weighted by molar-refractivity contribution is 6.38. The highest BCUT2D eigenvalue weighted by Gasteiger charge is 2.09. The quantitative estimate of drug-likeness (QED) is 0.703. The predicted molar refractivity (Wildman–Crippen MR) is 90.6 cm³/mol. The van der Waals surface area contributed by atoms with Gasteiger partial charge in [0.1, 0.15) is 5.75 Å². The van der Waals surface area contributed by atoms with E-state index in [0.717, 1.165) is 16.8 Å². The number of phenolic OH excluding ortho intramolecular Hbond substituents is 1. The number of phenols is 1. The maximum atomic E-state index is 9.97. The van der Waals surface area contributed by atoms with Crippen molar-refractivity contribution >= 4 is 35.1 Å². The van der Waals surface area contributed by atoms with E-state index >= 15 is 0 Å². The minimum absolute atomic E-state index is 0.225. The summed E-state index contributed by atoms with van der Waals surface area (Å²) in [6.45, 7) is 5.97. The molecule has 0 aromatic heterocycles. The molecule has 1 N–H and O–H groups in total. The lowest BCUT2D eigenvalue weighted by Crippen LogP contribution is -1.90. The summed E-state index contributed by atoms with van der Waals surface area (Å²) in [6, 6.07) is 8.98. The Morgan fingerprint density at radius 3 is 2.33 bits per heavy atom. The Hall–Kier alpha value is -1.51. The van der Waals surface area contributed by atoms with E-state index in [0.29, 0.717) is 21.4 Å². The highest BCUT2D eigenvalue weighted by Crippen LogP contribution is 2.33. The van der Waals surface area contributed by atoms with Crippen LogP contribution in [0.15, 0.2) is 35.3 Å². The number of hydrogen-bond donors (Lipinski definition) is 1. The fourth-order valence-corrected chi connectivity index (χ4v) is 2.56. The van der Waals surface area contributed by atoms with Crippen LogP contribution in [-0.4, -0.2) is 11.3 Å². The number of aryl methyl sites for hydroxylation is 1. The molecule has 2 rings (SSSR count). The molecule has 0 bridgehead atoms. The molecule has 0 atom stereocenters. The van der Waals surface area contributed by atoms with Crippen molar-refractivity contribution in [1.29, 1.82) is 0 Å². The third-order valence-electron chi connectivity index (χ3n) is 3.30. The average Bonchev–Trinajstić information content (AvgIpc) is 2.39. The second-order valence-corrected chi connectivity index (χ2v) is 6.06. The predicted octanol–water partition coefficient (Wildman–Crippen LogP) is 5.88. The van der Waals surface area contributed by atoms with Gasteiger partial charge in [-0.05, 0) is 48.2 Å². The number of benzene rings is 2. The number of halogens is 2. The van der Waals surface area contributed by atoms with E-state index in [1.165, 1.54) is 0 Å². The average molecular weight is 322 g/mol. The van der Waals surface area contributed by atoms with Crippen molar-refractivity contribution in [2.75, 3.05) is 0 Å². The van der Waals surface area contributed by atoms with E-state index in [4.69, 9.17) is 23.2 Å². The standard InChI is InChI=1S/C17H17Cl2NO/c1-10(2)12-8-16(11(3)7-17(12)21)20-9-13-14(18)5-4-6-15(13)19/h4-10,21H,1-3H3. The second-order valence-electron chi connectivity index (χ2n) is 5.25. The number of aromatic hydroxyl groups is 1. The van der Waals surface area contributed by atoms with Crippen molar-refractivity contribution < 1.29 is 5.11 Å². The Morgan fingerprint density at radius 1 is 1.14 bits per heavy atom. The van der Waals surface area contributed by atoms with Crippen molar-refractivity contribution in [3.05, 3.63) is 57.1 Å². The molecule has 0 fully saturated rings. The van der Waals surface area contributed by atoms with Gasteiger partial charge in [-0.2, -0.15) is 0 Å². The summed E-state index contributed by atoms with van der Waals surface area (Å²) >= 11 is 12.3. The molecule has 4 heteroatoms. The van der Waals surface area contributed by atoms with Crippen LogP contribution < -0.4 is 0 Å². The van der Waals surface area contributed by atoms with Crippen LogP contribution in [0.4, 0.5) is 5.69 Å². The van der Waals surface area contributed by atoms with Crippen molar-refractivity contribution in [1.82, 2.24) is 0 Å². The zero-order chi connectivity index (χ0) is 15.6.